The van der Waals surface area contributed by atoms with Crippen LogP contribution in [0, 0.1) is 6.92 Å². The van der Waals surface area contributed by atoms with E-state index in [1.165, 1.54) is 6.07 Å². The number of aromatic nitrogens is 1. The lowest BCUT2D eigenvalue weighted by Gasteiger charge is -2.02. The van der Waals surface area contributed by atoms with Crippen molar-refractivity contribution in [2.24, 2.45) is 0 Å². The van der Waals surface area contributed by atoms with Crippen molar-refractivity contribution in [3.63, 3.8) is 0 Å². The van der Waals surface area contributed by atoms with Crippen LogP contribution in [-0.4, -0.2) is 11.1 Å². The molecule has 2 heterocycles. The fourth-order valence-electron chi connectivity index (χ4n) is 1.98. The number of benzene rings is 1. The van der Waals surface area contributed by atoms with Gasteiger partial charge in [0, 0.05) is 16.7 Å². The largest absolute Gasteiger partial charge is 0.453 e. The van der Waals surface area contributed by atoms with Crippen molar-refractivity contribution in [3.05, 3.63) is 63.7 Å². The summed E-state index contributed by atoms with van der Waals surface area (Å²) in [6.45, 7) is 1.76. The fraction of sp³-hybridized carbons (Fsp3) is 0.125. The van der Waals surface area contributed by atoms with Gasteiger partial charge in [-0.05, 0) is 37.3 Å². The van der Waals surface area contributed by atoms with Crippen molar-refractivity contribution in [2.45, 2.75) is 13.5 Å². The predicted molar refractivity (Wildman–Crippen MR) is 84.5 cm³/mol. The van der Waals surface area contributed by atoms with E-state index in [-0.39, 0.29) is 12.4 Å². The summed E-state index contributed by atoms with van der Waals surface area (Å²) in [5.41, 5.74) is 1.13. The molecule has 0 amide bonds. The molecule has 0 aliphatic carbocycles. The second kappa shape index (κ2) is 6.48. The molecule has 2 aromatic heterocycles. The zero-order chi connectivity index (χ0) is 16.4. The van der Waals surface area contributed by atoms with Crippen LogP contribution in [0.2, 0.25) is 10.0 Å². The van der Waals surface area contributed by atoms with Gasteiger partial charge in [-0.3, -0.25) is 0 Å². The molecule has 1 aromatic carbocycles. The molecule has 7 heteroatoms. The minimum atomic E-state index is -0.602. The maximum atomic E-state index is 12.0. The van der Waals surface area contributed by atoms with Crippen LogP contribution in [0.25, 0.3) is 11.3 Å². The molecule has 0 spiro atoms. The Bertz CT molecular complexity index is 853. The first-order valence-electron chi connectivity index (χ1n) is 6.67. The van der Waals surface area contributed by atoms with Crippen LogP contribution in [0.4, 0.5) is 0 Å². The lowest BCUT2D eigenvalue weighted by molar-refractivity contribution is 0.0428. The Kier molecular flexibility index (Phi) is 4.41. The molecular formula is C16H11Cl2NO4. The van der Waals surface area contributed by atoms with Gasteiger partial charge in [-0.15, -0.1) is 0 Å². The van der Waals surface area contributed by atoms with Crippen LogP contribution in [0.5, 0.6) is 0 Å². The smallest absolute Gasteiger partial charge is 0.374 e. The molecule has 3 rings (SSSR count). The molecule has 0 bridgehead atoms. The standard InChI is InChI=1S/C16H11Cl2NO4/c1-9-6-11(19-23-9)8-21-16(20)15-5-4-14(22-15)12-7-10(17)2-3-13(12)18/h2-7H,8H2,1H3. The van der Waals surface area contributed by atoms with Crippen LogP contribution in [0.15, 0.2) is 45.3 Å². The summed E-state index contributed by atoms with van der Waals surface area (Å²) in [4.78, 5) is 12.0. The van der Waals surface area contributed by atoms with E-state index in [2.05, 4.69) is 5.16 Å². The Labute approximate surface area is 141 Å². The minimum absolute atomic E-state index is 0.00410. The molecule has 0 unspecified atom stereocenters. The van der Waals surface area contributed by atoms with E-state index < -0.39 is 5.97 Å². The number of nitrogens with zero attached hydrogens (tertiary/aromatic N) is 1. The second-order valence-electron chi connectivity index (χ2n) is 4.79. The first-order chi connectivity index (χ1) is 11.0. The van der Waals surface area contributed by atoms with E-state index in [4.69, 9.17) is 36.9 Å². The van der Waals surface area contributed by atoms with Crippen molar-refractivity contribution in [2.75, 3.05) is 0 Å². The average Bonchev–Trinajstić information content (AvgIpc) is 3.16. The minimum Gasteiger partial charge on any atom is -0.453 e. The van der Waals surface area contributed by atoms with Crippen molar-refractivity contribution in [1.29, 1.82) is 0 Å². The number of carbonyl (C=O) groups is 1. The van der Waals surface area contributed by atoms with Crippen LogP contribution in [0.1, 0.15) is 22.0 Å². The Hall–Kier alpha value is -2.24. The van der Waals surface area contributed by atoms with Crippen molar-refractivity contribution in [1.82, 2.24) is 5.16 Å². The number of hydrogen-bond acceptors (Lipinski definition) is 5. The molecule has 0 aliphatic rings. The quantitative estimate of drug-likeness (QED) is 0.625. The highest BCUT2D eigenvalue weighted by atomic mass is 35.5. The number of aryl methyl sites for hydroxylation is 1. The molecular weight excluding hydrogens is 341 g/mol. The highest BCUT2D eigenvalue weighted by Gasteiger charge is 2.16. The molecule has 0 radical (unpaired) electrons. The summed E-state index contributed by atoms with van der Waals surface area (Å²) in [5, 5.41) is 4.73. The molecule has 0 saturated carbocycles. The average molecular weight is 352 g/mol. The number of rotatable bonds is 4. The third kappa shape index (κ3) is 3.57. The monoisotopic (exact) mass is 351 g/mol. The van der Waals surface area contributed by atoms with E-state index in [9.17, 15) is 4.79 Å². The van der Waals surface area contributed by atoms with E-state index in [1.807, 2.05) is 0 Å². The second-order valence-corrected chi connectivity index (χ2v) is 5.64. The number of hydrogen-bond donors (Lipinski definition) is 0. The molecule has 23 heavy (non-hydrogen) atoms. The maximum Gasteiger partial charge on any atom is 0.374 e. The lowest BCUT2D eigenvalue weighted by Crippen LogP contribution is -2.04. The van der Waals surface area contributed by atoms with Gasteiger partial charge in [0.1, 0.15) is 23.8 Å². The molecule has 0 fully saturated rings. The molecule has 5 nitrogen and oxygen atoms in total. The van der Waals surface area contributed by atoms with Gasteiger partial charge in [0.05, 0.1) is 5.02 Å². The highest BCUT2D eigenvalue weighted by molar-refractivity contribution is 6.35. The Morgan fingerprint density at radius 1 is 1.22 bits per heavy atom. The SMILES string of the molecule is Cc1cc(COC(=O)c2ccc(-c3cc(Cl)ccc3Cl)o2)no1. The van der Waals surface area contributed by atoms with Crippen LogP contribution < -0.4 is 0 Å². The van der Waals surface area contributed by atoms with Gasteiger partial charge >= 0.3 is 5.97 Å². The van der Waals surface area contributed by atoms with Gasteiger partial charge in [0.25, 0.3) is 0 Å². The molecule has 0 N–H and O–H groups in total. The normalized spacial score (nSPS) is 10.7. The van der Waals surface area contributed by atoms with Gasteiger partial charge in [-0.25, -0.2) is 4.79 Å². The van der Waals surface area contributed by atoms with Crippen molar-refractivity contribution >= 4 is 29.2 Å². The van der Waals surface area contributed by atoms with E-state index in [1.54, 1.807) is 37.3 Å². The summed E-state index contributed by atoms with van der Waals surface area (Å²) in [6.07, 6.45) is 0. The first-order valence-corrected chi connectivity index (χ1v) is 7.43. The number of carbonyl (C=O) groups excluding carboxylic acids is 1. The van der Waals surface area contributed by atoms with Crippen LogP contribution >= 0.6 is 23.2 Å². The van der Waals surface area contributed by atoms with E-state index in [0.29, 0.717) is 32.8 Å². The summed E-state index contributed by atoms with van der Waals surface area (Å²) in [5.74, 6) is 0.542. The zero-order valence-corrected chi connectivity index (χ0v) is 13.5. The predicted octanol–water partition coefficient (Wildman–Crippen LogP) is 4.91. The van der Waals surface area contributed by atoms with Gasteiger partial charge in [0.2, 0.25) is 5.76 Å². The summed E-state index contributed by atoms with van der Waals surface area (Å²) in [6, 6.07) is 9.83. The number of ether oxygens (including phenoxy) is 1. The van der Waals surface area contributed by atoms with Gasteiger partial charge in [0.15, 0.2) is 0 Å². The molecule has 0 saturated heterocycles. The number of halogens is 2. The summed E-state index contributed by atoms with van der Waals surface area (Å²) < 4.78 is 15.5. The molecule has 0 atom stereocenters. The fourth-order valence-corrected chi connectivity index (χ4v) is 2.36. The molecule has 3 aromatic rings. The zero-order valence-electron chi connectivity index (χ0n) is 12.0. The van der Waals surface area contributed by atoms with Gasteiger partial charge < -0.3 is 13.7 Å². The third-order valence-corrected chi connectivity index (χ3v) is 3.59. The highest BCUT2D eigenvalue weighted by Crippen LogP contribution is 2.31. The Morgan fingerprint density at radius 3 is 2.78 bits per heavy atom. The van der Waals surface area contributed by atoms with Gasteiger partial charge in [-0.2, -0.15) is 0 Å². The molecule has 118 valence electrons. The lowest BCUT2D eigenvalue weighted by atomic mass is 10.2. The van der Waals surface area contributed by atoms with Crippen LogP contribution in [-0.2, 0) is 11.3 Å². The third-order valence-electron chi connectivity index (χ3n) is 3.03. The Morgan fingerprint density at radius 2 is 2.04 bits per heavy atom. The van der Waals surface area contributed by atoms with Crippen molar-refractivity contribution in [3.8, 4) is 11.3 Å². The first kappa shape index (κ1) is 15.6. The molecule has 0 aliphatic heterocycles. The van der Waals surface area contributed by atoms with E-state index >= 15 is 0 Å². The number of furan rings is 1. The summed E-state index contributed by atoms with van der Waals surface area (Å²) >= 11 is 12.1. The summed E-state index contributed by atoms with van der Waals surface area (Å²) in [7, 11) is 0. The van der Waals surface area contributed by atoms with Crippen molar-refractivity contribution < 1.29 is 18.5 Å². The van der Waals surface area contributed by atoms with Crippen LogP contribution in [0.3, 0.4) is 0 Å². The topological polar surface area (TPSA) is 65.5 Å². The maximum absolute atomic E-state index is 12.0. The Balaban J connectivity index is 1.73. The number of esters is 1. The van der Waals surface area contributed by atoms with E-state index in [0.717, 1.165) is 0 Å². The van der Waals surface area contributed by atoms with Gasteiger partial charge in [-0.1, -0.05) is 28.4 Å².